The van der Waals surface area contributed by atoms with Crippen LogP contribution < -0.4 is 0 Å². The fourth-order valence-electron chi connectivity index (χ4n) is 1.70. The molecule has 0 radical (unpaired) electrons. The van der Waals surface area contributed by atoms with Gasteiger partial charge in [-0.25, -0.2) is 4.68 Å². The predicted octanol–water partition coefficient (Wildman–Crippen LogP) is -0.329. The minimum Gasteiger partial charge on any atom is -0.394 e. The first kappa shape index (κ1) is 10.8. The summed E-state index contributed by atoms with van der Waals surface area (Å²) in [5.41, 5.74) is 0. The first-order valence-electron chi connectivity index (χ1n) is 5.03. The lowest BCUT2D eigenvalue weighted by Gasteiger charge is -2.12. The van der Waals surface area contributed by atoms with Crippen LogP contribution in [0.5, 0.6) is 0 Å². The molecule has 0 saturated heterocycles. The molecule has 15 heavy (non-hydrogen) atoms. The van der Waals surface area contributed by atoms with Crippen molar-refractivity contribution in [2.45, 2.75) is 42.3 Å². The molecule has 1 heterocycles. The van der Waals surface area contributed by atoms with Gasteiger partial charge < -0.3 is 10.2 Å². The Morgan fingerprint density at radius 2 is 2.33 bits per heavy atom. The highest BCUT2D eigenvalue weighted by Gasteiger charge is 2.27. The van der Waals surface area contributed by atoms with E-state index >= 15 is 0 Å². The normalized spacial score (nSPS) is 26.0. The molecule has 0 amide bonds. The van der Waals surface area contributed by atoms with Crippen LogP contribution in [-0.2, 0) is 6.54 Å². The summed E-state index contributed by atoms with van der Waals surface area (Å²) in [6, 6.07) is 0. The third kappa shape index (κ3) is 2.47. The SMILES string of the molecule is OCCn1nnnc1SC1CCCC1O. The third-order valence-corrected chi connectivity index (χ3v) is 3.84. The number of hydrogen-bond acceptors (Lipinski definition) is 6. The fourth-order valence-corrected chi connectivity index (χ4v) is 2.88. The predicted molar refractivity (Wildman–Crippen MR) is 54.4 cm³/mol. The van der Waals surface area contributed by atoms with Crippen molar-refractivity contribution in [3.05, 3.63) is 0 Å². The molecule has 1 aliphatic rings. The van der Waals surface area contributed by atoms with Gasteiger partial charge >= 0.3 is 0 Å². The summed E-state index contributed by atoms with van der Waals surface area (Å²) in [4.78, 5) is 0. The highest BCUT2D eigenvalue weighted by Crippen LogP contribution is 2.33. The Morgan fingerprint density at radius 3 is 3.00 bits per heavy atom. The lowest BCUT2D eigenvalue weighted by Crippen LogP contribution is -2.16. The zero-order valence-corrected chi connectivity index (χ0v) is 9.10. The highest BCUT2D eigenvalue weighted by molar-refractivity contribution is 7.99. The molecule has 0 spiro atoms. The molecule has 0 aromatic carbocycles. The van der Waals surface area contributed by atoms with Gasteiger partial charge in [0.05, 0.1) is 19.3 Å². The Balaban J connectivity index is 2.00. The molecule has 0 aliphatic heterocycles. The standard InChI is InChI=1S/C8H14N4O2S/c13-5-4-12-8(9-10-11-12)15-7-3-1-2-6(7)14/h6-7,13-14H,1-5H2. The van der Waals surface area contributed by atoms with Crippen LogP contribution in [-0.4, -0.2) is 48.4 Å². The van der Waals surface area contributed by atoms with Crippen LogP contribution in [0.4, 0.5) is 0 Å². The zero-order chi connectivity index (χ0) is 10.7. The first-order valence-corrected chi connectivity index (χ1v) is 5.91. The average Bonchev–Trinajstić information content (AvgIpc) is 2.80. The number of thioether (sulfide) groups is 1. The number of rotatable bonds is 4. The highest BCUT2D eigenvalue weighted by atomic mass is 32.2. The van der Waals surface area contributed by atoms with E-state index in [0.717, 1.165) is 19.3 Å². The largest absolute Gasteiger partial charge is 0.394 e. The van der Waals surface area contributed by atoms with Crippen molar-refractivity contribution in [2.75, 3.05) is 6.61 Å². The molecular formula is C8H14N4O2S. The van der Waals surface area contributed by atoms with Crippen molar-refractivity contribution < 1.29 is 10.2 Å². The summed E-state index contributed by atoms with van der Waals surface area (Å²) in [5.74, 6) is 0. The quantitative estimate of drug-likeness (QED) is 0.737. The van der Waals surface area contributed by atoms with E-state index in [4.69, 9.17) is 5.11 Å². The van der Waals surface area contributed by atoms with Crippen molar-refractivity contribution in [2.24, 2.45) is 0 Å². The summed E-state index contributed by atoms with van der Waals surface area (Å²) < 4.78 is 1.57. The maximum absolute atomic E-state index is 9.66. The van der Waals surface area contributed by atoms with Crippen molar-refractivity contribution in [1.29, 1.82) is 0 Å². The van der Waals surface area contributed by atoms with Crippen LogP contribution in [0.1, 0.15) is 19.3 Å². The number of aliphatic hydroxyl groups is 2. The second-order valence-corrected chi connectivity index (χ2v) is 4.77. The number of hydrogen-bond donors (Lipinski definition) is 2. The summed E-state index contributed by atoms with van der Waals surface area (Å²) in [5, 5.41) is 30.5. The Kier molecular flexibility index (Phi) is 3.55. The maximum Gasteiger partial charge on any atom is 0.209 e. The van der Waals surface area contributed by atoms with Gasteiger partial charge in [-0.2, -0.15) is 0 Å². The molecule has 7 heteroatoms. The van der Waals surface area contributed by atoms with E-state index in [2.05, 4.69) is 15.5 Å². The molecule has 1 saturated carbocycles. The van der Waals surface area contributed by atoms with E-state index in [1.807, 2.05) is 0 Å². The number of aromatic nitrogens is 4. The molecule has 1 aromatic heterocycles. The number of aliphatic hydroxyl groups excluding tert-OH is 2. The molecule has 6 nitrogen and oxygen atoms in total. The molecular weight excluding hydrogens is 216 g/mol. The van der Waals surface area contributed by atoms with Gasteiger partial charge in [0.25, 0.3) is 0 Å². The summed E-state index contributed by atoms with van der Waals surface area (Å²) >= 11 is 1.50. The second kappa shape index (κ2) is 4.91. The Hall–Kier alpha value is -0.660. The molecule has 84 valence electrons. The van der Waals surface area contributed by atoms with E-state index in [0.29, 0.717) is 11.7 Å². The fraction of sp³-hybridized carbons (Fsp3) is 0.875. The van der Waals surface area contributed by atoms with Crippen LogP contribution in [0.15, 0.2) is 5.16 Å². The maximum atomic E-state index is 9.66. The smallest absolute Gasteiger partial charge is 0.209 e. The minimum atomic E-state index is -0.255. The topological polar surface area (TPSA) is 84.1 Å². The number of nitrogens with zero attached hydrogens (tertiary/aromatic N) is 4. The Bertz CT molecular complexity index is 319. The minimum absolute atomic E-state index is 0.0197. The van der Waals surface area contributed by atoms with Gasteiger partial charge in [0.15, 0.2) is 0 Å². The van der Waals surface area contributed by atoms with E-state index in [1.54, 1.807) is 4.68 Å². The monoisotopic (exact) mass is 230 g/mol. The van der Waals surface area contributed by atoms with Crippen LogP contribution in [0, 0.1) is 0 Å². The number of tetrazole rings is 1. The van der Waals surface area contributed by atoms with Gasteiger partial charge in [0, 0.05) is 5.25 Å². The molecule has 2 rings (SSSR count). The zero-order valence-electron chi connectivity index (χ0n) is 8.28. The Labute approximate surface area is 91.7 Å². The van der Waals surface area contributed by atoms with Gasteiger partial charge in [-0.3, -0.25) is 0 Å². The second-order valence-electron chi connectivity index (χ2n) is 3.56. The van der Waals surface area contributed by atoms with Crippen molar-refractivity contribution in [3.8, 4) is 0 Å². The molecule has 1 aliphatic carbocycles. The van der Waals surface area contributed by atoms with Gasteiger partial charge in [0.1, 0.15) is 0 Å². The van der Waals surface area contributed by atoms with E-state index in [9.17, 15) is 5.11 Å². The molecule has 2 N–H and O–H groups in total. The summed E-state index contributed by atoms with van der Waals surface area (Å²) in [7, 11) is 0. The lowest BCUT2D eigenvalue weighted by molar-refractivity contribution is 0.188. The summed E-state index contributed by atoms with van der Waals surface area (Å²) in [6.07, 6.45) is 2.66. The van der Waals surface area contributed by atoms with Crippen LogP contribution in [0.2, 0.25) is 0 Å². The van der Waals surface area contributed by atoms with Crippen LogP contribution in [0.25, 0.3) is 0 Å². The average molecular weight is 230 g/mol. The van der Waals surface area contributed by atoms with E-state index < -0.39 is 0 Å². The molecule has 1 fully saturated rings. The van der Waals surface area contributed by atoms with Crippen molar-refractivity contribution in [1.82, 2.24) is 20.2 Å². The van der Waals surface area contributed by atoms with Crippen LogP contribution >= 0.6 is 11.8 Å². The Morgan fingerprint density at radius 1 is 1.47 bits per heavy atom. The van der Waals surface area contributed by atoms with Crippen molar-refractivity contribution >= 4 is 11.8 Å². The summed E-state index contributed by atoms with van der Waals surface area (Å²) in [6.45, 7) is 0.421. The third-order valence-electron chi connectivity index (χ3n) is 2.49. The lowest BCUT2D eigenvalue weighted by atomic mass is 10.3. The van der Waals surface area contributed by atoms with E-state index in [-0.39, 0.29) is 18.0 Å². The van der Waals surface area contributed by atoms with Gasteiger partial charge in [-0.1, -0.05) is 11.8 Å². The van der Waals surface area contributed by atoms with Crippen LogP contribution in [0.3, 0.4) is 0 Å². The molecule has 1 aromatic rings. The first-order chi connectivity index (χ1) is 7.31. The van der Waals surface area contributed by atoms with Gasteiger partial charge in [-0.05, 0) is 29.7 Å². The van der Waals surface area contributed by atoms with Gasteiger partial charge in [-0.15, -0.1) is 5.10 Å². The van der Waals surface area contributed by atoms with Gasteiger partial charge in [0.2, 0.25) is 5.16 Å². The van der Waals surface area contributed by atoms with E-state index in [1.165, 1.54) is 11.8 Å². The molecule has 2 atom stereocenters. The van der Waals surface area contributed by atoms with Crippen molar-refractivity contribution in [3.63, 3.8) is 0 Å². The molecule has 0 bridgehead atoms. The molecule has 2 unspecified atom stereocenters.